The Balaban J connectivity index is 1.75. The molecule has 0 aliphatic heterocycles. The number of benzene rings is 2. The first-order valence-corrected chi connectivity index (χ1v) is 7.61. The molecule has 24 heavy (non-hydrogen) atoms. The lowest BCUT2D eigenvalue weighted by molar-refractivity contribution is -0.00469. The van der Waals surface area contributed by atoms with Crippen molar-refractivity contribution in [2.75, 3.05) is 13.2 Å². The SMILES string of the molecule is Cc1ccc(C(=O)OCC(O)COC(=O)c2ccc(C)cc2)cc1. The van der Waals surface area contributed by atoms with Gasteiger partial charge in [-0.1, -0.05) is 35.4 Å². The maximum absolute atomic E-state index is 11.8. The Morgan fingerprint density at radius 1 is 0.792 bits per heavy atom. The van der Waals surface area contributed by atoms with Gasteiger partial charge in [-0.25, -0.2) is 9.59 Å². The number of hydrogen-bond acceptors (Lipinski definition) is 5. The topological polar surface area (TPSA) is 72.8 Å². The highest BCUT2D eigenvalue weighted by Crippen LogP contribution is 2.07. The van der Waals surface area contributed by atoms with E-state index in [-0.39, 0.29) is 13.2 Å². The second-order valence-corrected chi connectivity index (χ2v) is 5.58. The molecule has 0 saturated heterocycles. The van der Waals surface area contributed by atoms with Crippen molar-refractivity contribution in [2.45, 2.75) is 20.0 Å². The average Bonchev–Trinajstić information content (AvgIpc) is 2.58. The third-order valence-corrected chi connectivity index (χ3v) is 3.39. The number of aryl methyl sites for hydroxylation is 2. The molecule has 0 aliphatic rings. The summed E-state index contributed by atoms with van der Waals surface area (Å²) in [5, 5.41) is 9.77. The number of rotatable bonds is 6. The molecule has 2 aromatic carbocycles. The van der Waals surface area contributed by atoms with Crippen molar-refractivity contribution < 1.29 is 24.2 Å². The zero-order chi connectivity index (χ0) is 17.5. The molecule has 0 radical (unpaired) electrons. The van der Waals surface area contributed by atoms with Gasteiger partial charge in [0.15, 0.2) is 0 Å². The summed E-state index contributed by atoms with van der Waals surface area (Å²) >= 11 is 0. The minimum Gasteiger partial charge on any atom is -0.459 e. The third-order valence-electron chi connectivity index (χ3n) is 3.39. The minimum absolute atomic E-state index is 0.242. The van der Waals surface area contributed by atoms with E-state index in [9.17, 15) is 14.7 Å². The summed E-state index contributed by atoms with van der Waals surface area (Å²) in [7, 11) is 0. The van der Waals surface area contributed by atoms with Gasteiger partial charge in [-0.15, -0.1) is 0 Å². The van der Waals surface area contributed by atoms with Gasteiger partial charge in [-0.3, -0.25) is 0 Å². The Kier molecular flexibility index (Phi) is 6.09. The van der Waals surface area contributed by atoms with Gasteiger partial charge in [0.1, 0.15) is 19.3 Å². The Hall–Kier alpha value is -2.66. The second kappa shape index (κ2) is 8.26. The third kappa shape index (κ3) is 5.21. The Morgan fingerprint density at radius 2 is 1.12 bits per heavy atom. The quantitative estimate of drug-likeness (QED) is 0.825. The van der Waals surface area contributed by atoms with E-state index in [1.807, 2.05) is 13.8 Å². The van der Waals surface area contributed by atoms with E-state index in [4.69, 9.17) is 9.47 Å². The zero-order valence-corrected chi connectivity index (χ0v) is 13.7. The Labute approximate surface area is 140 Å². The van der Waals surface area contributed by atoms with Crippen LogP contribution in [0, 0.1) is 13.8 Å². The molecule has 0 unspecified atom stereocenters. The van der Waals surface area contributed by atoms with Gasteiger partial charge in [0, 0.05) is 0 Å². The predicted octanol–water partition coefficient (Wildman–Crippen LogP) is 2.68. The number of aliphatic hydroxyl groups excluding tert-OH is 1. The van der Waals surface area contributed by atoms with Crippen LogP contribution in [-0.4, -0.2) is 36.4 Å². The molecular formula is C19H20O5. The van der Waals surface area contributed by atoms with Crippen LogP contribution in [0.15, 0.2) is 48.5 Å². The summed E-state index contributed by atoms with van der Waals surface area (Å²) in [6, 6.07) is 13.8. The van der Waals surface area contributed by atoms with Crippen molar-refractivity contribution in [1.82, 2.24) is 0 Å². The molecule has 0 saturated carbocycles. The highest BCUT2D eigenvalue weighted by Gasteiger charge is 2.14. The maximum atomic E-state index is 11.8. The fraction of sp³-hybridized carbons (Fsp3) is 0.263. The van der Waals surface area contributed by atoms with E-state index in [0.29, 0.717) is 11.1 Å². The minimum atomic E-state index is -1.08. The molecule has 0 amide bonds. The summed E-state index contributed by atoms with van der Waals surface area (Å²) in [5.41, 5.74) is 2.89. The summed E-state index contributed by atoms with van der Waals surface area (Å²) in [5.74, 6) is -1.06. The highest BCUT2D eigenvalue weighted by atomic mass is 16.6. The first-order valence-electron chi connectivity index (χ1n) is 7.61. The standard InChI is InChI=1S/C19H20O5/c1-13-3-7-15(8-4-13)18(21)23-11-17(20)12-24-19(22)16-9-5-14(2)6-10-16/h3-10,17,20H,11-12H2,1-2H3. The summed E-state index contributed by atoms with van der Waals surface area (Å²) in [6.07, 6.45) is -1.08. The lowest BCUT2D eigenvalue weighted by Crippen LogP contribution is -2.25. The van der Waals surface area contributed by atoms with Gasteiger partial charge in [0.25, 0.3) is 0 Å². The zero-order valence-electron chi connectivity index (χ0n) is 13.7. The van der Waals surface area contributed by atoms with Crippen LogP contribution < -0.4 is 0 Å². The Bertz CT molecular complexity index is 627. The molecule has 0 atom stereocenters. The molecule has 5 heteroatoms. The molecule has 0 heterocycles. The molecular weight excluding hydrogens is 308 g/mol. The van der Waals surface area contributed by atoms with Gasteiger partial charge in [-0.2, -0.15) is 0 Å². The maximum Gasteiger partial charge on any atom is 0.338 e. The van der Waals surface area contributed by atoms with Gasteiger partial charge in [0.2, 0.25) is 0 Å². The number of hydrogen-bond donors (Lipinski definition) is 1. The Morgan fingerprint density at radius 3 is 1.46 bits per heavy atom. The van der Waals surface area contributed by atoms with Crippen molar-refractivity contribution in [3.05, 3.63) is 70.8 Å². The lowest BCUT2D eigenvalue weighted by Gasteiger charge is -2.12. The van der Waals surface area contributed by atoms with Crippen molar-refractivity contribution in [2.24, 2.45) is 0 Å². The van der Waals surface area contributed by atoms with Crippen LogP contribution in [0.25, 0.3) is 0 Å². The molecule has 0 aliphatic carbocycles. The molecule has 2 aromatic rings. The van der Waals surface area contributed by atoms with Gasteiger partial charge in [0.05, 0.1) is 11.1 Å². The first kappa shape index (κ1) is 17.7. The fourth-order valence-corrected chi connectivity index (χ4v) is 1.94. The summed E-state index contributed by atoms with van der Waals surface area (Å²) < 4.78 is 10.0. The highest BCUT2D eigenvalue weighted by molar-refractivity contribution is 5.90. The van der Waals surface area contributed by atoms with Crippen LogP contribution in [0.2, 0.25) is 0 Å². The predicted molar refractivity (Wildman–Crippen MR) is 88.9 cm³/mol. The second-order valence-electron chi connectivity index (χ2n) is 5.58. The molecule has 1 N–H and O–H groups in total. The molecule has 0 aromatic heterocycles. The molecule has 2 rings (SSSR count). The van der Waals surface area contributed by atoms with Crippen molar-refractivity contribution in [1.29, 1.82) is 0 Å². The number of carbonyl (C=O) groups is 2. The van der Waals surface area contributed by atoms with Crippen LogP contribution in [0.1, 0.15) is 31.8 Å². The van der Waals surface area contributed by atoms with E-state index in [1.54, 1.807) is 48.5 Å². The van der Waals surface area contributed by atoms with Crippen LogP contribution in [-0.2, 0) is 9.47 Å². The van der Waals surface area contributed by atoms with E-state index in [0.717, 1.165) is 11.1 Å². The van der Waals surface area contributed by atoms with Crippen LogP contribution in [0.4, 0.5) is 0 Å². The molecule has 0 bridgehead atoms. The molecule has 0 spiro atoms. The number of aliphatic hydroxyl groups is 1. The smallest absolute Gasteiger partial charge is 0.338 e. The van der Waals surface area contributed by atoms with Crippen molar-refractivity contribution >= 4 is 11.9 Å². The van der Waals surface area contributed by atoms with E-state index >= 15 is 0 Å². The molecule has 126 valence electrons. The van der Waals surface area contributed by atoms with Crippen LogP contribution in [0.3, 0.4) is 0 Å². The summed E-state index contributed by atoms with van der Waals surface area (Å²) in [4.78, 5) is 23.6. The summed E-state index contributed by atoms with van der Waals surface area (Å²) in [6.45, 7) is 3.35. The lowest BCUT2D eigenvalue weighted by atomic mass is 10.1. The van der Waals surface area contributed by atoms with E-state index < -0.39 is 18.0 Å². The van der Waals surface area contributed by atoms with Gasteiger partial charge in [-0.05, 0) is 38.1 Å². The number of esters is 2. The largest absolute Gasteiger partial charge is 0.459 e. The number of ether oxygens (including phenoxy) is 2. The fourth-order valence-electron chi connectivity index (χ4n) is 1.94. The monoisotopic (exact) mass is 328 g/mol. The normalized spacial score (nSPS) is 10.5. The molecule has 5 nitrogen and oxygen atoms in total. The first-order chi connectivity index (χ1) is 11.5. The van der Waals surface area contributed by atoms with Crippen molar-refractivity contribution in [3.63, 3.8) is 0 Å². The van der Waals surface area contributed by atoms with E-state index in [1.165, 1.54) is 0 Å². The van der Waals surface area contributed by atoms with Gasteiger partial charge < -0.3 is 14.6 Å². The van der Waals surface area contributed by atoms with Gasteiger partial charge >= 0.3 is 11.9 Å². The van der Waals surface area contributed by atoms with Crippen LogP contribution >= 0.6 is 0 Å². The molecule has 0 fully saturated rings. The average molecular weight is 328 g/mol. The van der Waals surface area contributed by atoms with Crippen LogP contribution in [0.5, 0.6) is 0 Å². The number of carbonyl (C=O) groups excluding carboxylic acids is 2. The van der Waals surface area contributed by atoms with E-state index in [2.05, 4.69) is 0 Å². The van der Waals surface area contributed by atoms with Crippen molar-refractivity contribution in [3.8, 4) is 0 Å².